The molecule has 6 heteroatoms. The second-order valence-corrected chi connectivity index (χ2v) is 2.84. The lowest BCUT2D eigenvalue weighted by Crippen LogP contribution is -2.09. The molecule has 0 fully saturated rings. The number of methoxy groups -OCH3 is 1. The van der Waals surface area contributed by atoms with Crippen LogP contribution in [0.25, 0.3) is 0 Å². The van der Waals surface area contributed by atoms with Crippen LogP contribution in [0.4, 0.5) is 8.78 Å². The predicted molar refractivity (Wildman–Crippen MR) is 51.7 cm³/mol. The van der Waals surface area contributed by atoms with Crippen LogP contribution in [0.15, 0.2) is 12.1 Å². The molecule has 0 amide bonds. The number of carbonyl (C=O) groups excluding carboxylic acids is 1. The lowest BCUT2D eigenvalue weighted by atomic mass is 10.3. The quantitative estimate of drug-likeness (QED) is 0.745. The third kappa shape index (κ3) is 2.88. The molecule has 0 saturated carbocycles. The Morgan fingerprint density at radius 3 is 2.69 bits per heavy atom. The molecule has 1 heterocycles. The van der Waals surface area contributed by atoms with Gasteiger partial charge in [0.15, 0.2) is 5.69 Å². The van der Waals surface area contributed by atoms with Crippen LogP contribution in [0.5, 0.6) is 5.75 Å². The molecule has 1 aromatic rings. The fourth-order valence-electron chi connectivity index (χ4n) is 1.07. The largest absolute Gasteiger partial charge is 0.497 e. The number of hydrogen-bond donors (Lipinski definition) is 0. The Labute approximate surface area is 91.2 Å². The summed E-state index contributed by atoms with van der Waals surface area (Å²) in [6.45, 7) is 1.77. The zero-order chi connectivity index (χ0) is 12.1. The van der Waals surface area contributed by atoms with Gasteiger partial charge in [0.1, 0.15) is 11.4 Å². The maximum absolute atomic E-state index is 12.4. The van der Waals surface area contributed by atoms with Crippen LogP contribution in [0, 0.1) is 0 Å². The van der Waals surface area contributed by atoms with Crippen molar-refractivity contribution < 1.29 is 23.0 Å². The summed E-state index contributed by atoms with van der Waals surface area (Å²) < 4.78 is 34.3. The summed E-state index contributed by atoms with van der Waals surface area (Å²) in [6, 6.07) is 2.33. The Morgan fingerprint density at radius 1 is 1.50 bits per heavy atom. The first-order valence-electron chi connectivity index (χ1n) is 4.59. The molecule has 0 atom stereocenters. The van der Waals surface area contributed by atoms with E-state index in [1.54, 1.807) is 6.92 Å². The SMILES string of the molecule is CCOC(=O)c1cc(OC)cc(C(F)F)n1. The van der Waals surface area contributed by atoms with E-state index in [-0.39, 0.29) is 18.1 Å². The standard InChI is InChI=1S/C10H11F2NO3/c1-3-16-10(14)8-5-6(15-2)4-7(13-8)9(11)12/h4-5,9H,3H2,1-2H3. The molecule has 0 saturated heterocycles. The molecule has 0 radical (unpaired) electrons. The monoisotopic (exact) mass is 231 g/mol. The van der Waals surface area contributed by atoms with Crippen LogP contribution in [0.2, 0.25) is 0 Å². The first-order valence-corrected chi connectivity index (χ1v) is 4.59. The van der Waals surface area contributed by atoms with Crippen LogP contribution < -0.4 is 4.74 Å². The van der Waals surface area contributed by atoms with Gasteiger partial charge in [-0.1, -0.05) is 0 Å². The molecule has 1 aromatic heterocycles. The maximum atomic E-state index is 12.4. The van der Waals surface area contributed by atoms with E-state index in [2.05, 4.69) is 9.72 Å². The molecular formula is C10H11F2NO3. The van der Waals surface area contributed by atoms with Gasteiger partial charge in [-0.25, -0.2) is 18.6 Å². The lowest BCUT2D eigenvalue weighted by Gasteiger charge is -2.07. The van der Waals surface area contributed by atoms with Crippen molar-refractivity contribution in [3.63, 3.8) is 0 Å². The van der Waals surface area contributed by atoms with Gasteiger partial charge in [0.25, 0.3) is 6.43 Å². The highest BCUT2D eigenvalue weighted by Crippen LogP contribution is 2.22. The number of hydrogen-bond acceptors (Lipinski definition) is 4. The van der Waals surface area contributed by atoms with Gasteiger partial charge in [0, 0.05) is 12.1 Å². The van der Waals surface area contributed by atoms with Gasteiger partial charge < -0.3 is 9.47 Å². The van der Waals surface area contributed by atoms with Crippen LogP contribution in [0.1, 0.15) is 29.5 Å². The Hall–Kier alpha value is -1.72. The van der Waals surface area contributed by atoms with Crippen molar-refractivity contribution >= 4 is 5.97 Å². The summed E-state index contributed by atoms with van der Waals surface area (Å²) in [4.78, 5) is 14.8. The summed E-state index contributed by atoms with van der Waals surface area (Å²) in [5.41, 5.74) is -0.695. The molecule has 0 aliphatic heterocycles. The Kier molecular flexibility index (Phi) is 4.16. The number of ether oxygens (including phenoxy) is 2. The Balaban J connectivity index is 3.08. The molecule has 16 heavy (non-hydrogen) atoms. The minimum Gasteiger partial charge on any atom is -0.497 e. The molecular weight excluding hydrogens is 220 g/mol. The Morgan fingerprint density at radius 2 is 2.19 bits per heavy atom. The zero-order valence-corrected chi connectivity index (χ0v) is 8.87. The van der Waals surface area contributed by atoms with E-state index < -0.39 is 18.1 Å². The van der Waals surface area contributed by atoms with E-state index in [0.717, 1.165) is 6.07 Å². The number of nitrogens with zero attached hydrogens (tertiary/aromatic N) is 1. The number of carbonyl (C=O) groups is 1. The van der Waals surface area contributed by atoms with E-state index >= 15 is 0 Å². The fraction of sp³-hybridized carbons (Fsp3) is 0.400. The summed E-state index contributed by atoms with van der Waals surface area (Å²) in [5.74, 6) is -0.600. The van der Waals surface area contributed by atoms with Crippen molar-refractivity contribution in [3.05, 3.63) is 23.5 Å². The average Bonchev–Trinajstić information content (AvgIpc) is 2.28. The molecule has 0 bridgehead atoms. The number of pyridine rings is 1. The molecule has 0 aliphatic carbocycles. The van der Waals surface area contributed by atoms with Gasteiger partial charge >= 0.3 is 5.97 Å². The van der Waals surface area contributed by atoms with Crippen molar-refractivity contribution in [3.8, 4) is 5.75 Å². The molecule has 1 rings (SSSR count). The molecule has 0 spiro atoms. The van der Waals surface area contributed by atoms with Gasteiger partial charge in [0.2, 0.25) is 0 Å². The number of esters is 1. The third-order valence-corrected chi connectivity index (χ3v) is 1.76. The normalized spacial score (nSPS) is 10.3. The van der Waals surface area contributed by atoms with Crippen molar-refractivity contribution in [2.75, 3.05) is 13.7 Å². The number of alkyl halides is 2. The maximum Gasteiger partial charge on any atom is 0.357 e. The molecule has 0 unspecified atom stereocenters. The van der Waals surface area contributed by atoms with Gasteiger partial charge in [-0.05, 0) is 6.92 Å². The molecule has 0 aromatic carbocycles. The zero-order valence-electron chi connectivity index (χ0n) is 8.87. The summed E-state index contributed by atoms with van der Waals surface area (Å²) >= 11 is 0. The highest BCUT2D eigenvalue weighted by Gasteiger charge is 2.16. The van der Waals surface area contributed by atoms with E-state index in [1.165, 1.54) is 13.2 Å². The summed E-state index contributed by atoms with van der Waals surface area (Å²) in [5, 5.41) is 0. The van der Waals surface area contributed by atoms with Crippen LogP contribution in [-0.4, -0.2) is 24.7 Å². The highest BCUT2D eigenvalue weighted by atomic mass is 19.3. The first-order chi connectivity index (χ1) is 7.58. The van der Waals surface area contributed by atoms with E-state index in [4.69, 9.17) is 4.74 Å². The Bertz CT molecular complexity index is 382. The molecule has 88 valence electrons. The topological polar surface area (TPSA) is 48.4 Å². The fourth-order valence-corrected chi connectivity index (χ4v) is 1.07. The van der Waals surface area contributed by atoms with E-state index in [9.17, 15) is 13.6 Å². The minimum absolute atomic E-state index is 0.147. The van der Waals surface area contributed by atoms with Crippen molar-refractivity contribution in [2.24, 2.45) is 0 Å². The average molecular weight is 231 g/mol. The molecule has 4 nitrogen and oxygen atoms in total. The first kappa shape index (κ1) is 12.4. The van der Waals surface area contributed by atoms with Crippen LogP contribution in [-0.2, 0) is 4.74 Å². The smallest absolute Gasteiger partial charge is 0.357 e. The van der Waals surface area contributed by atoms with E-state index in [1.807, 2.05) is 0 Å². The molecule has 0 N–H and O–H groups in total. The van der Waals surface area contributed by atoms with Crippen molar-refractivity contribution in [2.45, 2.75) is 13.3 Å². The summed E-state index contributed by atoms with van der Waals surface area (Å²) in [6.07, 6.45) is -2.76. The summed E-state index contributed by atoms with van der Waals surface area (Å²) in [7, 11) is 1.32. The third-order valence-electron chi connectivity index (χ3n) is 1.76. The second-order valence-electron chi connectivity index (χ2n) is 2.84. The van der Waals surface area contributed by atoms with Crippen LogP contribution >= 0.6 is 0 Å². The van der Waals surface area contributed by atoms with E-state index in [0.29, 0.717) is 0 Å². The van der Waals surface area contributed by atoms with Gasteiger partial charge in [-0.2, -0.15) is 0 Å². The van der Waals surface area contributed by atoms with Gasteiger partial charge in [-0.15, -0.1) is 0 Å². The second kappa shape index (κ2) is 5.39. The lowest BCUT2D eigenvalue weighted by molar-refractivity contribution is 0.0517. The number of halogens is 2. The van der Waals surface area contributed by atoms with Gasteiger partial charge in [0.05, 0.1) is 13.7 Å². The van der Waals surface area contributed by atoms with Crippen molar-refractivity contribution in [1.82, 2.24) is 4.98 Å². The highest BCUT2D eigenvalue weighted by molar-refractivity contribution is 5.87. The number of aromatic nitrogens is 1. The predicted octanol–water partition coefficient (Wildman–Crippen LogP) is 2.20. The van der Waals surface area contributed by atoms with Crippen LogP contribution in [0.3, 0.4) is 0 Å². The minimum atomic E-state index is -2.76. The molecule has 0 aliphatic rings. The van der Waals surface area contributed by atoms with Crippen molar-refractivity contribution in [1.29, 1.82) is 0 Å². The number of rotatable bonds is 4. The van der Waals surface area contributed by atoms with Gasteiger partial charge in [-0.3, -0.25) is 0 Å².